The third-order valence-electron chi connectivity index (χ3n) is 4.72. The molecule has 2 aromatic carbocycles. The highest BCUT2D eigenvalue weighted by atomic mass is 16.5. The lowest BCUT2D eigenvalue weighted by molar-refractivity contribution is 0.0485. The molecule has 0 radical (unpaired) electrons. The van der Waals surface area contributed by atoms with Crippen molar-refractivity contribution in [1.82, 2.24) is 14.3 Å². The molecule has 0 saturated heterocycles. The van der Waals surface area contributed by atoms with Gasteiger partial charge in [-0.2, -0.15) is 5.10 Å². The van der Waals surface area contributed by atoms with Crippen LogP contribution in [-0.2, 0) is 17.8 Å². The van der Waals surface area contributed by atoms with E-state index in [4.69, 9.17) is 13.9 Å². The van der Waals surface area contributed by atoms with Crippen molar-refractivity contribution in [2.45, 2.75) is 19.5 Å². The first-order valence-corrected chi connectivity index (χ1v) is 10.1. The summed E-state index contributed by atoms with van der Waals surface area (Å²) >= 11 is 0. The number of esters is 1. The first-order valence-electron chi connectivity index (χ1n) is 10.1. The van der Waals surface area contributed by atoms with Crippen LogP contribution in [0.25, 0.3) is 11.1 Å². The largest absolute Gasteiger partial charge is 0.492 e. The fraction of sp³-hybridized carbons (Fsp3) is 0.217. The van der Waals surface area contributed by atoms with Gasteiger partial charge in [0.25, 0.3) is 5.56 Å². The van der Waals surface area contributed by atoms with E-state index in [0.29, 0.717) is 29.8 Å². The number of para-hydroxylation sites is 3. The van der Waals surface area contributed by atoms with Gasteiger partial charge >= 0.3 is 11.7 Å². The molecule has 0 unspecified atom stereocenters. The molecular formula is C23H21N3O6. The van der Waals surface area contributed by atoms with E-state index >= 15 is 0 Å². The average Bonchev–Trinajstić information content (AvgIpc) is 3.13. The summed E-state index contributed by atoms with van der Waals surface area (Å²) in [5, 5.41) is 4.07. The minimum atomic E-state index is -0.646. The number of aryl methyl sites for hydroxylation is 1. The Kier molecular flexibility index (Phi) is 6.45. The highest BCUT2D eigenvalue weighted by molar-refractivity contribution is 5.86. The number of carbonyl (C=O) groups excluding carboxylic acids is 1. The third kappa shape index (κ3) is 4.94. The normalized spacial score (nSPS) is 10.9. The lowest BCUT2D eigenvalue weighted by Crippen LogP contribution is -2.27. The third-order valence-corrected chi connectivity index (χ3v) is 4.72. The predicted octanol–water partition coefficient (Wildman–Crippen LogP) is 2.48. The quantitative estimate of drug-likeness (QED) is 0.294. The van der Waals surface area contributed by atoms with Crippen LogP contribution >= 0.6 is 0 Å². The summed E-state index contributed by atoms with van der Waals surface area (Å²) in [5.41, 5.74) is 0.882. The fourth-order valence-electron chi connectivity index (χ4n) is 3.17. The van der Waals surface area contributed by atoms with E-state index in [1.165, 1.54) is 16.7 Å². The fourth-order valence-corrected chi connectivity index (χ4v) is 3.17. The Labute approximate surface area is 182 Å². The monoisotopic (exact) mass is 435 g/mol. The first kappa shape index (κ1) is 21.1. The van der Waals surface area contributed by atoms with Gasteiger partial charge in [0.05, 0.1) is 18.7 Å². The maximum absolute atomic E-state index is 12.3. The van der Waals surface area contributed by atoms with Gasteiger partial charge in [-0.15, -0.1) is 0 Å². The summed E-state index contributed by atoms with van der Waals surface area (Å²) in [5.74, 6) is -0.420. The van der Waals surface area contributed by atoms with E-state index in [1.807, 2.05) is 36.4 Å². The number of benzene rings is 2. The minimum Gasteiger partial charge on any atom is -0.492 e. The van der Waals surface area contributed by atoms with E-state index in [1.54, 1.807) is 18.2 Å². The van der Waals surface area contributed by atoms with E-state index in [2.05, 4.69) is 5.10 Å². The van der Waals surface area contributed by atoms with Crippen molar-refractivity contribution in [1.29, 1.82) is 0 Å². The van der Waals surface area contributed by atoms with Gasteiger partial charge < -0.3 is 13.9 Å². The lowest BCUT2D eigenvalue weighted by atomic mass is 10.3. The standard InChI is InChI=1S/C23H21N3O6/c27-21-12-11-18(24-26(21)14-16-30-17-7-2-1-3-8-17)22(28)31-15-6-13-25-19-9-4-5-10-20(19)32-23(25)29/h1-5,7-12H,6,13-16H2. The zero-order valence-electron chi connectivity index (χ0n) is 17.2. The van der Waals surface area contributed by atoms with Gasteiger partial charge in [-0.1, -0.05) is 30.3 Å². The molecule has 4 rings (SSSR count). The Bertz CT molecular complexity index is 1320. The van der Waals surface area contributed by atoms with Crippen molar-refractivity contribution in [3.8, 4) is 5.75 Å². The van der Waals surface area contributed by atoms with Crippen molar-refractivity contribution >= 4 is 17.1 Å². The van der Waals surface area contributed by atoms with Crippen molar-refractivity contribution in [2.24, 2.45) is 0 Å². The smallest absolute Gasteiger partial charge is 0.419 e. The van der Waals surface area contributed by atoms with E-state index in [0.717, 1.165) is 4.68 Å². The number of hydrogen-bond acceptors (Lipinski definition) is 7. The number of carbonyl (C=O) groups is 1. The van der Waals surface area contributed by atoms with Crippen LogP contribution < -0.4 is 16.1 Å². The Balaban J connectivity index is 1.30. The summed E-state index contributed by atoms with van der Waals surface area (Å²) in [6.07, 6.45) is 0.416. The lowest BCUT2D eigenvalue weighted by Gasteiger charge is -2.09. The number of hydrogen-bond donors (Lipinski definition) is 0. The van der Waals surface area contributed by atoms with E-state index in [-0.39, 0.29) is 31.0 Å². The Hall–Kier alpha value is -4.14. The molecule has 9 nitrogen and oxygen atoms in total. The predicted molar refractivity (Wildman–Crippen MR) is 116 cm³/mol. The molecule has 32 heavy (non-hydrogen) atoms. The van der Waals surface area contributed by atoms with Crippen LogP contribution in [0.2, 0.25) is 0 Å². The summed E-state index contributed by atoms with van der Waals surface area (Å²) in [6, 6.07) is 18.9. The van der Waals surface area contributed by atoms with E-state index < -0.39 is 11.7 Å². The SMILES string of the molecule is O=C(OCCCn1c(=O)oc2ccccc21)c1ccc(=O)n(CCOc2ccccc2)n1. The molecule has 0 spiro atoms. The molecule has 0 amide bonds. The van der Waals surface area contributed by atoms with Gasteiger partial charge in [0, 0.05) is 12.6 Å². The van der Waals surface area contributed by atoms with Crippen LogP contribution in [0.3, 0.4) is 0 Å². The van der Waals surface area contributed by atoms with E-state index in [9.17, 15) is 14.4 Å². The van der Waals surface area contributed by atoms with Crippen molar-refractivity contribution in [2.75, 3.05) is 13.2 Å². The molecule has 0 bridgehead atoms. The van der Waals surface area contributed by atoms with Gasteiger partial charge in [0.2, 0.25) is 0 Å². The second-order valence-corrected chi connectivity index (χ2v) is 6.92. The number of fused-ring (bicyclic) bond motifs is 1. The molecule has 0 atom stereocenters. The van der Waals surface area contributed by atoms with Crippen molar-refractivity contribution in [3.05, 3.63) is 93.3 Å². The highest BCUT2D eigenvalue weighted by Crippen LogP contribution is 2.12. The molecule has 0 aliphatic carbocycles. The van der Waals surface area contributed by atoms with Crippen molar-refractivity contribution in [3.63, 3.8) is 0 Å². The molecule has 2 heterocycles. The summed E-state index contributed by atoms with van der Waals surface area (Å²) in [4.78, 5) is 36.3. The Morgan fingerprint density at radius 1 is 0.906 bits per heavy atom. The average molecular weight is 435 g/mol. The summed E-state index contributed by atoms with van der Waals surface area (Å²) in [6.45, 7) is 0.837. The van der Waals surface area contributed by atoms with Gasteiger partial charge in [0.1, 0.15) is 12.4 Å². The van der Waals surface area contributed by atoms with Gasteiger partial charge in [0.15, 0.2) is 11.3 Å². The number of nitrogens with zero attached hydrogens (tertiary/aromatic N) is 3. The molecule has 4 aromatic rings. The molecule has 0 N–H and O–H groups in total. The molecule has 0 aliphatic heterocycles. The maximum Gasteiger partial charge on any atom is 0.419 e. The van der Waals surface area contributed by atoms with Crippen LogP contribution in [0.4, 0.5) is 0 Å². The Morgan fingerprint density at radius 2 is 1.69 bits per heavy atom. The highest BCUT2D eigenvalue weighted by Gasteiger charge is 2.12. The maximum atomic E-state index is 12.3. The topological polar surface area (TPSA) is 106 Å². The minimum absolute atomic E-state index is 0.0234. The molecule has 0 fully saturated rings. The first-order chi connectivity index (χ1) is 15.6. The molecule has 9 heteroatoms. The molecule has 0 aliphatic rings. The summed E-state index contributed by atoms with van der Waals surface area (Å²) < 4.78 is 18.7. The number of aromatic nitrogens is 3. The van der Waals surface area contributed by atoms with Crippen LogP contribution in [0.15, 0.2) is 80.7 Å². The molecule has 2 aromatic heterocycles. The van der Waals surface area contributed by atoms with Crippen LogP contribution in [0.5, 0.6) is 5.75 Å². The number of ether oxygens (including phenoxy) is 2. The van der Waals surface area contributed by atoms with Gasteiger partial charge in [-0.3, -0.25) is 9.36 Å². The van der Waals surface area contributed by atoms with Crippen LogP contribution in [-0.4, -0.2) is 33.5 Å². The van der Waals surface area contributed by atoms with Crippen LogP contribution in [0.1, 0.15) is 16.9 Å². The Morgan fingerprint density at radius 3 is 2.53 bits per heavy atom. The molecule has 0 saturated carbocycles. The van der Waals surface area contributed by atoms with Gasteiger partial charge in [-0.25, -0.2) is 14.3 Å². The summed E-state index contributed by atoms with van der Waals surface area (Å²) in [7, 11) is 0. The second kappa shape index (κ2) is 9.78. The zero-order valence-corrected chi connectivity index (χ0v) is 17.2. The molecular weight excluding hydrogens is 414 g/mol. The zero-order chi connectivity index (χ0) is 22.3. The number of oxazole rings is 1. The number of rotatable bonds is 9. The second-order valence-electron chi connectivity index (χ2n) is 6.92. The molecule has 164 valence electrons. The van der Waals surface area contributed by atoms with Crippen LogP contribution in [0, 0.1) is 0 Å². The van der Waals surface area contributed by atoms with Crippen molar-refractivity contribution < 1.29 is 18.7 Å². The van der Waals surface area contributed by atoms with Gasteiger partial charge in [-0.05, 0) is 36.8 Å².